The zero-order valence-electron chi connectivity index (χ0n) is 15.3. The van der Waals surface area contributed by atoms with Crippen LogP contribution >= 0.6 is 17.0 Å². The van der Waals surface area contributed by atoms with Crippen LogP contribution in [-0.2, 0) is 17.9 Å². The van der Waals surface area contributed by atoms with E-state index in [0.29, 0.717) is 5.62 Å². The summed E-state index contributed by atoms with van der Waals surface area (Å²) in [5.41, 5.74) is 1.99. The summed E-state index contributed by atoms with van der Waals surface area (Å²) in [7, 11) is 4.11. The van der Waals surface area contributed by atoms with Crippen molar-refractivity contribution in [2.45, 2.75) is 40.3 Å². The Morgan fingerprint density at radius 1 is 1.12 bits per heavy atom. The van der Waals surface area contributed by atoms with E-state index in [1.165, 1.54) is 0 Å². The van der Waals surface area contributed by atoms with Gasteiger partial charge in [0.25, 0.3) is 0 Å². The first-order valence-corrected chi connectivity index (χ1v) is 8.12. The molecule has 0 radical (unpaired) electrons. The van der Waals surface area contributed by atoms with E-state index in [9.17, 15) is 4.79 Å². The van der Waals surface area contributed by atoms with Crippen LogP contribution in [0.3, 0.4) is 0 Å². The molecule has 0 atom stereocenters. The zero-order valence-corrected chi connectivity index (χ0v) is 17.0. The summed E-state index contributed by atoms with van der Waals surface area (Å²) in [5.74, 6) is 0.146. The molecule has 0 saturated carbocycles. The number of hydrogen-bond donors (Lipinski definition) is 1. The van der Waals surface area contributed by atoms with Gasteiger partial charge in [0.1, 0.15) is 0 Å². The van der Waals surface area contributed by atoms with Crippen molar-refractivity contribution in [1.29, 1.82) is 5.41 Å². The van der Waals surface area contributed by atoms with Gasteiger partial charge in [-0.15, -0.1) is 17.0 Å². The molecule has 24 heavy (non-hydrogen) atoms. The van der Waals surface area contributed by atoms with Gasteiger partial charge in [-0.25, -0.2) is 0 Å². The largest absolute Gasteiger partial charge is 0.310 e. The van der Waals surface area contributed by atoms with Crippen molar-refractivity contribution in [2.24, 2.45) is 5.41 Å². The summed E-state index contributed by atoms with van der Waals surface area (Å²) in [4.78, 5) is 14.6. The number of rotatable bonds is 6. The number of carbonyl (C=O) groups is 1. The minimum absolute atomic E-state index is 0. The summed E-state index contributed by atoms with van der Waals surface area (Å²) in [6, 6.07) is 7.97. The lowest BCUT2D eigenvalue weighted by atomic mass is 9.91. The van der Waals surface area contributed by atoms with Gasteiger partial charge in [-0.1, -0.05) is 32.9 Å². The van der Waals surface area contributed by atoms with Crippen molar-refractivity contribution in [3.63, 3.8) is 0 Å². The van der Waals surface area contributed by atoms with Crippen LogP contribution in [0.25, 0.3) is 11.0 Å². The van der Waals surface area contributed by atoms with E-state index < -0.39 is 5.41 Å². The Labute approximate surface area is 154 Å². The Hall–Kier alpha value is -1.40. The smallest absolute Gasteiger partial charge is 0.203 e. The van der Waals surface area contributed by atoms with E-state index in [2.05, 4.69) is 19.0 Å². The summed E-state index contributed by atoms with van der Waals surface area (Å²) >= 11 is 0. The molecule has 0 unspecified atom stereocenters. The maximum Gasteiger partial charge on any atom is 0.203 e. The van der Waals surface area contributed by atoms with Crippen molar-refractivity contribution in [2.75, 3.05) is 20.6 Å². The number of benzene rings is 1. The van der Waals surface area contributed by atoms with Gasteiger partial charge in [0.15, 0.2) is 5.78 Å². The molecule has 6 heteroatoms. The third kappa shape index (κ3) is 4.57. The molecule has 0 fully saturated rings. The predicted octanol–water partition coefficient (Wildman–Crippen LogP) is 3.07. The van der Waals surface area contributed by atoms with Crippen molar-refractivity contribution in [3.8, 4) is 0 Å². The highest BCUT2D eigenvalue weighted by molar-refractivity contribution is 8.93. The minimum Gasteiger partial charge on any atom is -0.310 e. The van der Waals surface area contributed by atoms with E-state index >= 15 is 0 Å². The summed E-state index contributed by atoms with van der Waals surface area (Å²) in [6.45, 7) is 7.80. The van der Waals surface area contributed by atoms with E-state index in [1.807, 2.05) is 54.2 Å². The van der Waals surface area contributed by atoms with Gasteiger partial charge in [-0.2, -0.15) is 0 Å². The summed E-state index contributed by atoms with van der Waals surface area (Å²) in [5, 5.41) is 8.52. The van der Waals surface area contributed by atoms with Crippen LogP contribution in [0.15, 0.2) is 24.3 Å². The van der Waals surface area contributed by atoms with Crippen LogP contribution in [0.1, 0.15) is 27.2 Å². The first kappa shape index (κ1) is 20.6. The Morgan fingerprint density at radius 2 is 1.67 bits per heavy atom. The molecule has 0 aliphatic heterocycles. The number of nitrogens with one attached hydrogen (secondary N) is 1. The zero-order chi connectivity index (χ0) is 17.2. The van der Waals surface area contributed by atoms with Gasteiger partial charge in [0.05, 0.1) is 17.6 Å². The number of aryl methyl sites for hydroxylation is 1. The quantitative estimate of drug-likeness (QED) is 0.815. The monoisotopic (exact) mass is 396 g/mol. The average Bonchev–Trinajstić information content (AvgIpc) is 2.71. The van der Waals surface area contributed by atoms with Crippen LogP contribution < -0.4 is 5.62 Å². The maximum absolute atomic E-state index is 12.4. The molecule has 0 aliphatic carbocycles. The highest BCUT2D eigenvalue weighted by atomic mass is 79.9. The second-order valence-electron chi connectivity index (χ2n) is 7.38. The molecule has 0 spiro atoms. The van der Waals surface area contributed by atoms with Crippen molar-refractivity contribution >= 4 is 33.8 Å². The number of Topliss-reactive ketones (excluding diaryl/α,β-unsaturated/α-hetero) is 1. The molecule has 0 saturated heterocycles. The number of carbonyl (C=O) groups excluding carboxylic acids is 1. The van der Waals surface area contributed by atoms with E-state index in [0.717, 1.165) is 30.5 Å². The fraction of sp³-hybridized carbons (Fsp3) is 0.556. The van der Waals surface area contributed by atoms with Crippen LogP contribution in [-0.4, -0.2) is 40.5 Å². The second kappa shape index (κ2) is 8.12. The molecule has 2 aromatic rings. The predicted molar refractivity (Wildman–Crippen MR) is 104 cm³/mol. The third-order valence-corrected chi connectivity index (χ3v) is 4.10. The molecule has 1 aromatic carbocycles. The molecule has 0 aliphatic rings. The Balaban J connectivity index is 0.00000288. The van der Waals surface area contributed by atoms with Gasteiger partial charge in [0, 0.05) is 12.0 Å². The van der Waals surface area contributed by atoms with Gasteiger partial charge in [-0.05, 0) is 39.2 Å². The number of ketones is 1. The average molecular weight is 397 g/mol. The van der Waals surface area contributed by atoms with Crippen LogP contribution in [0.5, 0.6) is 0 Å². The first-order valence-electron chi connectivity index (χ1n) is 8.12. The van der Waals surface area contributed by atoms with Crippen molar-refractivity contribution in [1.82, 2.24) is 14.0 Å². The van der Waals surface area contributed by atoms with E-state index in [1.54, 1.807) is 0 Å². The van der Waals surface area contributed by atoms with Gasteiger partial charge >= 0.3 is 0 Å². The molecule has 5 nitrogen and oxygen atoms in total. The molecular formula is C18H29BrN4O. The molecule has 1 N–H and O–H groups in total. The molecular weight excluding hydrogens is 368 g/mol. The summed E-state index contributed by atoms with van der Waals surface area (Å²) < 4.78 is 3.84. The molecule has 1 aromatic heterocycles. The lowest BCUT2D eigenvalue weighted by Gasteiger charge is -2.17. The van der Waals surface area contributed by atoms with Crippen LogP contribution in [0, 0.1) is 10.8 Å². The molecule has 134 valence electrons. The Kier molecular flexibility index (Phi) is 6.98. The number of hydrogen-bond acceptors (Lipinski definition) is 3. The van der Waals surface area contributed by atoms with Gasteiger partial charge < -0.3 is 14.0 Å². The lowest BCUT2D eigenvalue weighted by Crippen LogP contribution is -2.32. The van der Waals surface area contributed by atoms with Gasteiger partial charge in [0.2, 0.25) is 5.62 Å². The van der Waals surface area contributed by atoms with Crippen molar-refractivity contribution < 1.29 is 4.79 Å². The number of fused-ring (bicyclic) bond motifs is 1. The molecule has 0 amide bonds. The van der Waals surface area contributed by atoms with E-state index in [4.69, 9.17) is 5.41 Å². The molecule has 1 heterocycles. The molecule has 2 rings (SSSR count). The Morgan fingerprint density at radius 3 is 2.17 bits per heavy atom. The fourth-order valence-electron chi connectivity index (χ4n) is 2.61. The maximum atomic E-state index is 12.4. The number of para-hydroxylation sites is 2. The number of aromatic nitrogens is 2. The standard InChI is InChI=1S/C18H28N4O.BrH/c1-18(2,3)16(23)13-22-15-10-7-6-9-14(15)21(17(22)19)12-8-11-20(4)5;/h6-7,9-10,19H,8,11-13H2,1-5H3;1H. The van der Waals surface area contributed by atoms with Gasteiger partial charge in [-0.3, -0.25) is 10.2 Å². The first-order chi connectivity index (χ1) is 10.7. The number of imidazole rings is 1. The molecule has 0 bridgehead atoms. The summed E-state index contributed by atoms with van der Waals surface area (Å²) in [6.07, 6.45) is 0.977. The Bertz CT molecular complexity index is 752. The fourth-order valence-corrected chi connectivity index (χ4v) is 2.61. The second-order valence-corrected chi connectivity index (χ2v) is 7.38. The SMILES string of the molecule is Br.CN(C)CCCn1c(=N)n(CC(=O)C(C)(C)C)c2ccccc21. The lowest BCUT2D eigenvalue weighted by molar-refractivity contribution is -0.126. The van der Waals surface area contributed by atoms with Crippen molar-refractivity contribution in [3.05, 3.63) is 29.9 Å². The highest BCUT2D eigenvalue weighted by Crippen LogP contribution is 2.18. The topological polar surface area (TPSA) is 54.0 Å². The normalized spacial score (nSPS) is 11.8. The number of nitrogens with zero attached hydrogens (tertiary/aromatic N) is 3. The highest BCUT2D eigenvalue weighted by Gasteiger charge is 2.23. The third-order valence-electron chi connectivity index (χ3n) is 4.10. The number of halogens is 1. The van der Waals surface area contributed by atoms with E-state index in [-0.39, 0.29) is 29.3 Å². The van der Waals surface area contributed by atoms with Crippen LogP contribution in [0.2, 0.25) is 0 Å². The minimum atomic E-state index is -0.395. The van der Waals surface area contributed by atoms with Crippen LogP contribution in [0.4, 0.5) is 0 Å².